The van der Waals surface area contributed by atoms with E-state index in [0.717, 1.165) is 0 Å². The van der Waals surface area contributed by atoms with Gasteiger partial charge in [-0.15, -0.1) is 0 Å². The minimum Gasteiger partial charge on any atom is -0.547 e. The maximum atomic E-state index is 13.1. The molecule has 19 heavy (non-hydrogen) atoms. The van der Waals surface area contributed by atoms with E-state index in [1.165, 1.54) is 0 Å². The zero-order valence-electron chi connectivity index (χ0n) is 10.2. The zero-order chi connectivity index (χ0) is 14.0. The van der Waals surface area contributed by atoms with Crippen LogP contribution in [-0.4, -0.2) is 36.2 Å². The summed E-state index contributed by atoms with van der Waals surface area (Å²) in [6, 6.07) is 6.55. The van der Waals surface area contributed by atoms with Gasteiger partial charge in [0.1, 0.15) is 0 Å². The molecule has 1 N–H and O–H groups in total. The average molecular weight is 270 g/mol. The van der Waals surface area contributed by atoms with Gasteiger partial charge in [-0.1, -0.05) is 12.1 Å². The summed E-state index contributed by atoms with van der Waals surface area (Å²) in [6.45, 7) is 0.00202. The number of carbonyl (C=O) groups excluding carboxylic acids is 1. The van der Waals surface area contributed by atoms with E-state index in [0.29, 0.717) is 17.8 Å². The third-order valence-electron chi connectivity index (χ3n) is 3.17. The Morgan fingerprint density at radius 3 is 2.53 bits per heavy atom. The fourth-order valence-electron chi connectivity index (χ4n) is 2.11. The Kier molecular flexibility index (Phi) is 3.71. The van der Waals surface area contributed by atoms with E-state index in [2.05, 4.69) is 0 Å². The van der Waals surface area contributed by atoms with Gasteiger partial charge in [0, 0.05) is 25.1 Å². The van der Waals surface area contributed by atoms with Gasteiger partial charge in [0.15, 0.2) is 0 Å². The van der Waals surface area contributed by atoms with Crippen LogP contribution in [-0.2, 0) is 11.2 Å². The smallest absolute Gasteiger partial charge is 0.266 e. The van der Waals surface area contributed by atoms with Gasteiger partial charge in [-0.3, -0.25) is 0 Å². The number of carboxylic acids is 1. The van der Waals surface area contributed by atoms with Crippen molar-refractivity contribution in [2.75, 3.05) is 18.0 Å². The largest absolute Gasteiger partial charge is 0.547 e. The highest BCUT2D eigenvalue weighted by Crippen LogP contribution is 2.30. The van der Waals surface area contributed by atoms with Crippen LogP contribution >= 0.6 is 0 Å². The number of benzene rings is 1. The second kappa shape index (κ2) is 5.13. The first-order valence-electron chi connectivity index (χ1n) is 5.98. The average Bonchev–Trinajstić information content (AvgIpc) is 2.70. The van der Waals surface area contributed by atoms with Gasteiger partial charge in [-0.25, -0.2) is 8.78 Å². The van der Waals surface area contributed by atoms with Crippen molar-refractivity contribution in [1.29, 1.82) is 0 Å². The van der Waals surface area contributed by atoms with Crippen LogP contribution in [0.5, 0.6) is 0 Å². The molecular formula is C13H14F2NO3-. The van der Waals surface area contributed by atoms with E-state index in [4.69, 9.17) is 5.11 Å². The molecule has 1 saturated heterocycles. The van der Waals surface area contributed by atoms with Gasteiger partial charge in [-0.2, -0.15) is 0 Å². The van der Waals surface area contributed by atoms with E-state index < -0.39 is 18.0 Å². The highest BCUT2D eigenvalue weighted by Gasteiger charge is 2.38. The number of nitrogens with zero attached hydrogens (tertiary/aromatic N) is 1. The molecule has 1 fully saturated rings. The fourth-order valence-corrected chi connectivity index (χ4v) is 2.11. The lowest BCUT2D eigenvalue weighted by Crippen LogP contribution is -2.36. The number of alkyl halides is 2. The lowest BCUT2D eigenvalue weighted by molar-refractivity contribution is -0.314. The number of anilines is 1. The molecule has 1 heterocycles. The third-order valence-corrected chi connectivity index (χ3v) is 3.17. The summed E-state index contributed by atoms with van der Waals surface area (Å²) in [5.74, 6) is -4.17. The van der Waals surface area contributed by atoms with E-state index in [1.54, 1.807) is 29.2 Å². The first-order chi connectivity index (χ1) is 8.87. The van der Waals surface area contributed by atoms with Crippen molar-refractivity contribution in [1.82, 2.24) is 0 Å². The Labute approximate surface area is 109 Å². The summed E-state index contributed by atoms with van der Waals surface area (Å²) in [6.07, 6.45) is -1.77. The molecule has 2 rings (SSSR count). The summed E-state index contributed by atoms with van der Waals surface area (Å²) in [5, 5.41) is 19.6. The Hall–Kier alpha value is -1.69. The Morgan fingerprint density at radius 1 is 1.42 bits per heavy atom. The molecule has 0 radical (unpaired) electrons. The van der Waals surface area contributed by atoms with Crippen LogP contribution in [0.1, 0.15) is 12.0 Å². The van der Waals surface area contributed by atoms with Gasteiger partial charge in [-0.05, 0) is 17.7 Å². The monoisotopic (exact) mass is 270 g/mol. The molecule has 4 nitrogen and oxygen atoms in total. The maximum absolute atomic E-state index is 13.1. The molecule has 0 amide bonds. The number of aliphatic carboxylic acids is 1. The van der Waals surface area contributed by atoms with Crippen molar-refractivity contribution in [2.45, 2.75) is 24.9 Å². The van der Waals surface area contributed by atoms with Crippen LogP contribution in [0.4, 0.5) is 14.5 Å². The molecule has 0 aliphatic carbocycles. The Bertz CT molecular complexity index is 461. The van der Waals surface area contributed by atoms with E-state index in [9.17, 15) is 18.7 Å². The number of carboxylic acid groups (broad SMARTS) is 1. The van der Waals surface area contributed by atoms with Crippen LogP contribution in [0.25, 0.3) is 0 Å². The zero-order valence-corrected chi connectivity index (χ0v) is 10.2. The summed E-state index contributed by atoms with van der Waals surface area (Å²) in [7, 11) is 0. The van der Waals surface area contributed by atoms with E-state index >= 15 is 0 Å². The number of aliphatic hydroxyl groups excluding tert-OH is 1. The highest BCUT2D eigenvalue weighted by atomic mass is 19.3. The quantitative estimate of drug-likeness (QED) is 0.848. The molecule has 1 aliphatic heterocycles. The number of carbonyl (C=O) groups is 1. The van der Waals surface area contributed by atoms with Crippen molar-refractivity contribution in [3.63, 3.8) is 0 Å². The van der Waals surface area contributed by atoms with Gasteiger partial charge < -0.3 is 19.9 Å². The molecule has 1 aromatic rings. The number of aliphatic hydroxyl groups is 1. The lowest BCUT2D eigenvalue weighted by Gasteiger charge is -2.19. The topological polar surface area (TPSA) is 63.6 Å². The first-order valence-corrected chi connectivity index (χ1v) is 5.98. The molecular weight excluding hydrogens is 256 g/mol. The fraction of sp³-hybridized carbons (Fsp3) is 0.462. The van der Waals surface area contributed by atoms with E-state index in [-0.39, 0.29) is 19.4 Å². The molecule has 1 aliphatic rings. The molecule has 0 bridgehead atoms. The Balaban J connectivity index is 2.01. The first kappa shape index (κ1) is 13.7. The Morgan fingerprint density at radius 2 is 2.05 bits per heavy atom. The van der Waals surface area contributed by atoms with Crippen LogP contribution in [0.15, 0.2) is 24.3 Å². The third kappa shape index (κ3) is 3.41. The standard InChI is InChI=1S/C13H15F2NO3/c14-13(15)5-6-16(8-13)10-3-1-9(2-4-10)7-11(17)12(18)19/h1-4,11,17H,5-8H2,(H,18,19)/p-1/t11-/m1/s1. The van der Waals surface area contributed by atoms with Crippen molar-refractivity contribution >= 4 is 11.7 Å². The number of rotatable bonds is 4. The van der Waals surface area contributed by atoms with Crippen LogP contribution in [0, 0.1) is 0 Å². The molecule has 1 atom stereocenters. The highest BCUT2D eigenvalue weighted by molar-refractivity contribution is 5.70. The molecule has 0 unspecified atom stereocenters. The van der Waals surface area contributed by atoms with Crippen LogP contribution in [0.2, 0.25) is 0 Å². The molecule has 0 saturated carbocycles. The predicted octanol–water partition coefficient (Wildman–Crippen LogP) is 0.185. The van der Waals surface area contributed by atoms with Crippen molar-refractivity contribution in [2.24, 2.45) is 0 Å². The van der Waals surface area contributed by atoms with Gasteiger partial charge in [0.05, 0.1) is 18.6 Å². The number of hydrogen-bond donors (Lipinski definition) is 1. The second-order valence-electron chi connectivity index (χ2n) is 4.73. The summed E-state index contributed by atoms with van der Waals surface area (Å²) < 4.78 is 26.1. The lowest BCUT2D eigenvalue weighted by atomic mass is 10.1. The predicted molar refractivity (Wildman–Crippen MR) is 62.9 cm³/mol. The summed E-state index contributed by atoms with van der Waals surface area (Å²) in [5.41, 5.74) is 1.29. The molecule has 1 aromatic carbocycles. The minimum absolute atomic E-state index is 0.0568. The maximum Gasteiger partial charge on any atom is 0.266 e. The second-order valence-corrected chi connectivity index (χ2v) is 4.73. The SMILES string of the molecule is O=C([O-])[C@H](O)Cc1ccc(N2CCC(F)(F)C2)cc1. The van der Waals surface area contributed by atoms with Gasteiger partial charge in [0.2, 0.25) is 0 Å². The summed E-state index contributed by atoms with van der Waals surface area (Å²) >= 11 is 0. The van der Waals surface area contributed by atoms with Crippen LogP contribution < -0.4 is 10.0 Å². The minimum atomic E-state index is -2.65. The van der Waals surface area contributed by atoms with Gasteiger partial charge in [0.25, 0.3) is 5.92 Å². The van der Waals surface area contributed by atoms with E-state index in [1.807, 2.05) is 0 Å². The molecule has 0 spiro atoms. The normalized spacial score (nSPS) is 19.4. The van der Waals surface area contributed by atoms with Gasteiger partial charge >= 0.3 is 0 Å². The molecule has 104 valence electrons. The molecule has 0 aromatic heterocycles. The number of halogens is 2. The number of hydrogen-bond acceptors (Lipinski definition) is 4. The van der Waals surface area contributed by atoms with Crippen molar-refractivity contribution in [3.05, 3.63) is 29.8 Å². The van der Waals surface area contributed by atoms with Crippen molar-refractivity contribution in [3.8, 4) is 0 Å². The summed E-state index contributed by atoms with van der Waals surface area (Å²) in [4.78, 5) is 12.0. The van der Waals surface area contributed by atoms with Crippen molar-refractivity contribution < 1.29 is 23.8 Å². The molecule has 6 heteroatoms. The van der Waals surface area contributed by atoms with Crippen LogP contribution in [0.3, 0.4) is 0 Å².